The van der Waals surface area contributed by atoms with Crippen molar-refractivity contribution in [3.05, 3.63) is 29.6 Å². The molecule has 0 aromatic heterocycles. The van der Waals surface area contributed by atoms with Crippen molar-refractivity contribution in [2.75, 3.05) is 6.61 Å². The van der Waals surface area contributed by atoms with E-state index in [2.05, 4.69) is 0 Å². The molecule has 4 nitrogen and oxygen atoms in total. The second kappa shape index (κ2) is 4.36. The molecule has 4 N–H and O–H groups in total. The normalized spacial score (nSPS) is 15.1. The Labute approximate surface area is 79.9 Å². The van der Waals surface area contributed by atoms with Gasteiger partial charge in [0, 0.05) is 0 Å². The molecular weight excluding hydrogens is 191 g/mol. The molecule has 1 aromatic carbocycles. The molecule has 0 fully saturated rings. The van der Waals surface area contributed by atoms with Crippen molar-refractivity contribution < 1.29 is 24.8 Å². The van der Waals surface area contributed by atoms with E-state index >= 15 is 0 Å². The van der Waals surface area contributed by atoms with Gasteiger partial charge in [0.05, 0.1) is 6.61 Å². The predicted octanol–water partition coefficient (Wildman–Crippen LogP) is -0.0821. The van der Waals surface area contributed by atoms with Crippen molar-refractivity contribution >= 4 is 0 Å². The van der Waals surface area contributed by atoms with E-state index in [1.165, 1.54) is 6.07 Å². The fraction of sp³-hybridized carbons (Fsp3) is 0.333. The number of aromatic hydroxyl groups is 1. The van der Waals surface area contributed by atoms with Gasteiger partial charge in [-0.3, -0.25) is 0 Å². The van der Waals surface area contributed by atoms with Crippen LogP contribution in [0.2, 0.25) is 0 Å². The summed E-state index contributed by atoms with van der Waals surface area (Å²) >= 11 is 0. The third-order valence-corrected chi connectivity index (χ3v) is 1.86. The number of benzene rings is 1. The van der Waals surface area contributed by atoms with E-state index in [-0.39, 0.29) is 5.56 Å². The van der Waals surface area contributed by atoms with Gasteiger partial charge in [-0.15, -0.1) is 0 Å². The fourth-order valence-corrected chi connectivity index (χ4v) is 1.04. The molecule has 0 saturated carbocycles. The van der Waals surface area contributed by atoms with Crippen molar-refractivity contribution in [3.8, 4) is 5.75 Å². The lowest BCUT2D eigenvalue weighted by molar-refractivity contribution is -0.0153. The Morgan fingerprint density at radius 2 is 1.93 bits per heavy atom. The minimum atomic E-state index is -1.35. The summed E-state index contributed by atoms with van der Waals surface area (Å²) in [6.45, 7) is -0.612. The maximum Gasteiger partial charge on any atom is 0.164 e. The summed E-state index contributed by atoms with van der Waals surface area (Å²) in [5.74, 6) is -1.41. The lowest BCUT2D eigenvalue weighted by atomic mass is 10.0. The monoisotopic (exact) mass is 202 g/mol. The molecule has 1 aromatic rings. The first-order chi connectivity index (χ1) is 6.56. The molecule has 0 aliphatic carbocycles. The van der Waals surface area contributed by atoms with Crippen molar-refractivity contribution in [2.45, 2.75) is 12.2 Å². The number of phenolic OH excluding ortho intramolecular Hbond substituents is 1. The first-order valence-corrected chi connectivity index (χ1v) is 4.01. The van der Waals surface area contributed by atoms with Crippen molar-refractivity contribution in [1.82, 2.24) is 0 Å². The second-order valence-corrected chi connectivity index (χ2v) is 2.91. The van der Waals surface area contributed by atoms with Crippen LogP contribution in [0.15, 0.2) is 18.2 Å². The van der Waals surface area contributed by atoms with Gasteiger partial charge in [-0.2, -0.15) is 0 Å². The van der Waals surface area contributed by atoms with Gasteiger partial charge in [-0.25, -0.2) is 4.39 Å². The molecule has 0 amide bonds. The van der Waals surface area contributed by atoms with Gasteiger partial charge >= 0.3 is 0 Å². The van der Waals surface area contributed by atoms with Crippen LogP contribution >= 0.6 is 0 Å². The molecule has 0 heterocycles. The van der Waals surface area contributed by atoms with Crippen LogP contribution < -0.4 is 0 Å². The fourth-order valence-electron chi connectivity index (χ4n) is 1.04. The molecule has 1 rings (SSSR count). The first-order valence-electron chi connectivity index (χ1n) is 4.01. The van der Waals surface area contributed by atoms with E-state index in [1.807, 2.05) is 0 Å². The van der Waals surface area contributed by atoms with Gasteiger partial charge in [0.25, 0.3) is 0 Å². The van der Waals surface area contributed by atoms with Crippen LogP contribution in [0.5, 0.6) is 5.75 Å². The van der Waals surface area contributed by atoms with Gasteiger partial charge in [0.15, 0.2) is 11.6 Å². The van der Waals surface area contributed by atoms with Gasteiger partial charge in [-0.05, 0) is 17.7 Å². The van der Waals surface area contributed by atoms with Crippen molar-refractivity contribution in [3.63, 3.8) is 0 Å². The van der Waals surface area contributed by atoms with Gasteiger partial charge in [0.1, 0.15) is 12.2 Å². The van der Waals surface area contributed by atoms with Crippen LogP contribution in [-0.2, 0) is 0 Å². The molecule has 0 spiro atoms. The second-order valence-electron chi connectivity index (χ2n) is 2.91. The number of aliphatic hydroxyl groups is 3. The average molecular weight is 202 g/mol. The Morgan fingerprint density at radius 3 is 2.43 bits per heavy atom. The molecule has 78 valence electrons. The van der Waals surface area contributed by atoms with Crippen LogP contribution in [0.25, 0.3) is 0 Å². The third-order valence-electron chi connectivity index (χ3n) is 1.86. The zero-order valence-corrected chi connectivity index (χ0v) is 7.26. The number of halogens is 1. The Balaban J connectivity index is 2.91. The number of phenols is 1. The summed E-state index contributed by atoms with van der Waals surface area (Å²) in [4.78, 5) is 0. The van der Waals surface area contributed by atoms with E-state index in [4.69, 9.17) is 15.3 Å². The van der Waals surface area contributed by atoms with E-state index in [1.54, 1.807) is 0 Å². The van der Waals surface area contributed by atoms with Crippen LogP contribution in [0, 0.1) is 5.82 Å². The number of aliphatic hydroxyl groups excluding tert-OH is 3. The zero-order valence-electron chi connectivity index (χ0n) is 7.26. The Hall–Kier alpha value is -1.17. The Kier molecular flexibility index (Phi) is 3.40. The summed E-state index contributed by atoms with van der Waals surface area (Å²) < 4.78 is 12.6. The Morgan fingerprint density at radius 1 is 1.29 bits per heavy atom. The van der Waals surface area contributed by atoms with Crippen LogP contribution in [0.4, 0.5) is 4.39 Å². The smallest absolute Gasteiger partial charge is 0.164 e. The maximum absolute atomic E-state index is 12.6. The van der Waals surface area contributed by atoms with E-state index in [9.17, 15) is 9.50 Å². The van der Waals surface area contributed by atoms with Crippen molar-refractivity contribution in [1.29, 1.82) is 0 Å². The molecule has 0 radical (unpaired) electrons. The molecule has 2 atom stereocenters. The highest BCUT2D eigenvalue weighted by atomic mass is 19.1. The highest BCUT2D eigenvalue weighted by molar-refractivity contribution is 5.30. The first kappa shape index (κ1) is 10.9. The summed E-state index contributed by atoms with van der Waals surface area (Å²) in [7, 11) is 0. The number of rotatable bonds is 3. The molecular formula is C9H11FO4. The zero-order chi connectivity index (χ0) is 10.7. The summed E-state index contributed by atoms with van der Waals surface area (Å²) in [5, 5.41) is 35.9. The predicted molar refractivity (Wildman–Crippen MR) is 46.1 cm³/mol. The van der Waals surface area contributed by atoms with Gasteiger partial charge < -0.3 is 20.4 Å². The van der Waals surface area contributed by atoms with Crippen molar-refractivity contribution in [2.24, 2.45) is 0 Å². The molecule has 0 aliphatic heterocycles. The largest absolute Gasteiger partial charge is 0.505 e. The lowest BCUT2D eigenvalue weighted by Crippen LogP contribution is -2.21. The van der Waals surface area contributed by atoms with Crippen LogP contribution in [0.3, 0.4) is 0 Å². The Bertz CT molecular complexity index is 316. The molecule has 5 heteroatoms. The average Bonchev–Trinajstić information content (AvgIpc) is 2.20. The third kappa shape index (κ3) is 2.20. The molecule has 0 saturated heterocycles. The van der Waals surface area contributed by atoms with Gasteiger partial charge in [0.2, 0.25) is 0 Å². The minimum Gasteiger partial charge on any atom is -0.505 e. The highest BCUT2D eigenvalue weighted by Crippen LogP contribution is 2.23. The summed E-state index contributed by atoms with van der Waals surface area (Å²) in [6, 6.07) is 3.19. The lowest BCUT2D eigenvalue weighted by Gasteiger charge is -2.15. The number of hydrogen-bond donors (Lipinski definition) is 4. The molecule has 14 heavy (non-hydrogen) atoms. The van der Waals surface area contributed by atoms with E-state index in [0.29, 0.717) is 0 Å². The molecule has 2 unspecified atom stereocenters. The summed E-state index contributed by atoms with van der Waals surface area (Å²) in [6.07, 6.45) is -2.69. The standard InChI is InChI=1S/C9H11FO4/c10-6-2-1-5(3-7(6)12)9(14)8(13)4-11/h1-3,8-9,11-14H,4H2. The summed E-state index contributed by atoms with van der Waals surface area (Å²) in [5.41, 5.74) is 0.144. The maximum atomic E-state index is 12.6. The van der Waals surface area contributed by atoms with Crippen LogP contribution in [0.1, 0.15) is 11.7 Å². The van der Waals surface area contributed by atoms with E-state index in [0.717, 1.165) is 12.1 Å². The topological polar surface area (TPSA) is 80.9 Å². The quantitative estimate of drug-likeness (QED) is 0.552. The van der Waals surface area contributed by atoms with Gasteiger partial charge in [-0.1, -0.05) is 6.07 Å². The number of hydrogen-bond acceptors (Lipinski definition) is 4. The SMILES string of the molecule is OCC(O)C(O)c1ccc(F)c(O)c1. The molecule has 0 bridgehead atoms. The minimum absolute atomic E-state index is 0.144. The van der Waals surface area contributed by atoms with Crippen LogP contribution in [-0.4, -0.2) is 33.1 Å². The molecule has 0 aliphatic rings. The van der Waals surface area contributed by atoms with E-state index < -0.39 is 30.4 Å². The highest BCUT2D eigenvalue weighted by Gasteiger charge is 2.18.